The molecule has 11 heavy (non-hydrogen) atoms. The molecule has 4 heteroatoms. The van der Waals surface area contributed by atoms with Gasteiger partial charge in [0.05, 0.1) is 6.54 Å². The third kappa shape index (κ3) is 1.29. The second-order valence-corrected chi connectivity index (χ2v) is 1.97. The normalized spacial score (nSPS) is 12.3. The van der Waals surface area contributed by atoms with Crippen molar-refractivity contribution in [3.63, 3.8) is 0 Å². The van der Waals surface area contributed by atoms with Gasteiger partial charge >= 0.3 is 0 Å². The molecule has 0 unspecified atom stereocenters. The minimum atomic E-state index is 0.729. The summed E-state index contributed by atoms with van der Waals surface area (Å²) in [5, 5.41) is 7.65. The Labute approximate surface area is 66.0 Å². The maximum Gasteiger partial charge on any atom is 0.250 e. The van der Waals surface area contributed by atoms with E-state index in [-0.39, 0.29) is 0 Å². The summed E-state index contributed by atoms with van der Waals surface area (Å²) in [6, 6.07) is 0. The van der Waals surface area contributed by atoms with Crippen molar-refractivity contribution in [1.29, 1.82) is 0 Å². The van der Waals surface area contributed by atoms with Crippen molar-refractivity contribution in [3.8, 4) is 0 Å². The summed E-state index contributed by atoms with van der Waals surface area (Å²) < 4.78 is 1.96. The molecule has 0 aromatic carbocycles. The highest BCUT2D eigenvalue weighted by molar-refractivity contribution is 5.65. The number of aromatic nitrogens is 3. The molecule has 60 valence electrons. The Morgan fingerprint density at radius 1 is 1.36 bits per heavy atom. The third-order valence-electron chi connectivity index (χ3n) is 1.39. The molecule has 0 amide bonds. The number of fused-ring (bicyclic) bond motifs is 1. The van der Waals surface area contributed by atoms with Gasteiger partial charge in [0.2, 0.25) is 0 Å². The van der Waals surface area contributed by atoms with E-state index in [2.05, 4.69) is 15.2 Å². The molecule has 2 rings (SSSR count). The lowest BCUT2D eigenvalue weighted by molar-refractivity contribution is 0.842. The minimum absolute atomic E-state index is 0.729. The van der Waals surface area contributed by atoms with Crippen LogP contribution < -0.4 is 0 Å². The second kappa shape index (κ2) is 3.27. The number of hydrogen-bond acceptors (Lipinski definition) is 3. The van der Waals surface area contributed by atoms with Crippen LogP contribution in [0.2, 0.25) is 0 Å². The zero-order chi connectivity index (χ0) is 8.27. The fraction of sp³-hybridized carbons (Fsp3) is 0.571. The van der Waals surface area contributed by atoms with Crippen LogP contribution in [0.1, 0.15) is 19.7 Å². The molecule has 0 saturated carbocycles. The highest BCUT2D eigenvalue weighted by Crippen LogP contribution is 2.13. The SMILES string of the molecule is CC.Cc1nnc2n1CC=N2. The molecule has 0 aliphatic carbocycles. The molecular weight excluding hydrogens is 140 g/mol. The number of aliphatic imine (C=N–C) groups is 1. The molecule has 0 N–H and O–H groups in total. The number of nitrogens with zero attached hydrogens (tertiary/aromatic N) is 4. The van der Waals surface area contributed by atoms with E-state index in [1.54, 1.807) is 0 Å². The van der Waals surface area contributed by atoms with Crippen LogP contribution in [0.15, 0.2) is 4.99 Å². The van der Waals surface area contributed by atoms with Gasteiger partial charge in [0.1, 0.15) is 5.82 Å². The van der Waals surface area contributed by atoms with E-state index in [1.165, 1.54) is 0 Å². The van der Waals surface area contributed by atoms with Crippen LogP contribution in [0.5, 0.6) is 0 Å². The van der Waals surface area contributed by atoms with Gasteiger partial charge in [0.15, 0.2) is 0 Å². The maximum atomic E-state index is 3.98. The van der Waals surface area contributed by atoms with Gasteiger partial charge in [-0.1, -0.05) is 13.8 Å². The molecule has 0 spiro atoms. The molecule has 0 bridgehead atoms. The van der Waals surface area contributed by atoms with Gasteiger partial charge in [-0.05, 0) is 6.92 Å². The van der Waals surface area contributed by atoms with Crippen molar-refractivity contribution in [1.82, 2.24) is 14.8 Å². The summed E-state index contributed by atoms with van der Waals surface area (Å²) in [5.41, 5.74) is 0. The summed E-state index contributed by atoms with van der Waals surface area (Å²) in [6.45, 7) is 6.75. The first-order chi connectivity index (χ1) is 5.38. The van der Waals surface area contributed by atoms with E-state index in [0.717, 1.165) is 18.3 Å². The first kappa shape index (κ1) is 7.91. The highest BCUT2D eigenvalue weighted by atomic mass is 15.3. The predicted molar refractivity (Wildman–Crippen MR) is 44.3 cm³/mol. The Kier molecular flexibility index (Phi) is 2.36. The Balaban J connectivity index is 0.000000281. The van der Waals surface area contributed by atoms with Crippen LogP contribution >= 0.6 is 0 Å². The van der Waals surface area contributed by atoms with Crippen LogP contribution in [-0.2, 0) is 6.54 Å². The zero-order valence-electron chi connectivity index (χ0n) is 7.07. The predicted octanol–water partition coefficient (Wildman–Crippen LogP) is 1.33. The Hall–Kier alpha value is -1.19. The second-order valence-electron chi connectivity index (χ2n) is 1.97. The van der Waals surface area contributed by atoms with E-state index in [1.807, 2.05) is 31.6 Å². The molecule has 0 saturated heterocycles. The van der Waals surface area contributed by atoms with Gasteiger partial charge in [-0.15, -0.1) is 10.2 Å². The summed E-state index contributed by atoms with van der Waals surface area (Å²) in [6.07, 6.45) is 1.83. The molecular formula is C7H12N4. The van der Waals surface area contributed by atoms with Crippen LogP contribution in [0.4, 0.5) is 5.95 Å². The molecule has 0 atom stereocenters. The average molecular weight is 152 g/mol. The quantitative estimate of drug-likeness (QED) is 0.562. The van der Waals surface area contributed by atoms with Crippen LogP contribution in [0.3, 0.4) is 0 Å². The largest absolute Gasteiger partial charge is 0.290 e. The van der Waals surface area contributed by atoms with Gasteiger partial charge in [0.25, 0.3) is 5.95 Å². The number of hydrogen-bond donors (Lipinski definition) is 0. The number of rotatable bonds is 0. The summed E-state index contributed by atoms with van der Waals surface area (Å²) in [7, 11) is 0. The van der Waals surface area contributed by atoms with Crippen molar-refractivity contribution >= 4 is 12.2 Å². The van der Waals surface area contributed by atoms with Crippen molar-refractivity contribution in [2.24, 2.45) is 4.99 Å². The summed E-state index contributed by atoms with van der Waals surface area (Å²) in [4.78, 5) is 3.98. The van der Waals surface area contributed by atoms with Crippen LogP contribution in [0.25, 0.3) is 0 Å². The Morgan fingerprint density at radius 2 is 2.09 bits per heavy atom. The lowest BCUT2D eigenvalue weighted by atomic mass is 10.6. The zero-order valence-corrected chi connectivity index (χ0v) is 7.07. The molecule has 2 heterocycles. The van der Waals surface area contributed by atoms with E-state index in [4.69, 9.17) is 0 Å². The molecule has 1 aliphatic rings. The molecule has 1 aromatic rings. The Bertz CT molecular complexity index is 261. The molecule has 1 aromatic heterocycles. The van der Waals surface area contributed by atoms with Gasteiger partial charge in [-0.25, -0.2) is 4.99 Å². The minimum Gasteiger partial charge on any atom is -0.290 e. The van der Waals surface area contributed by atoms with E-state index in [0.29, 0.717) is 0 Å². The molecule has 0 radical (unpaired) electrons. The standard InChI is InChI=1S/C5H6N4.C2H6/c1-4-7-8-5-6-2-3-9(4)5;1-2/h2H,3H2,1H3;1-2H3. The first-order valence-corrected chi connectivity index (χ1v) is 3.80. The van der Waals surface area contributed by atoms with Crippen LogP contribution in [-0.4, -0.2) is 21.0 Å². The fourth-order valence-electron chi connectivity index (χ4n) is 0.883. The van der Waals surface area contributed by atoms with Gasteiger partial charge in [0, 0.05) is 6.21 Å². The van der Waals surface area contributed by atoms with E-state index < -0.39 is 0 Å². The van der Waals surface area contributed by atoms with Gasteiger partial charge in [-0.3, -0.25) is 4.57 Å². The smallest absolute Gasteiger partial charge is 0.250 e. The van der Waals surface area contributed by atoms with Gasteiger partial charge in [-0.2, -0.15) is 0 Å². The summed E-state index contributed by atoms with van der Waals surface area (Å²) in [5.74, 6) is 1.66. The first-order valence-electron chi connectivity index (χ1n) is 3.80. The van der Waals surface area contributed by atoms with Crippen molar-refractivity contribution in [2.45, 2.75) is 27.3 Å². The lowest BCUT2D eigenvalue weighted by Crippen LogP contribution is -1.94. The Morgan fingerprint density at radius 3 is 2.73 bits per heavy atom. The van der Waals surface area contributed by atoms with E-state index in [9.17, 15) is 0 Å². The van der Waals surface area contributed by atoms with Crippen molar-refractivity contribution in [3.05, 3.63) is 5.82 Å². The highest BCUT2D eigenvalue weighted by Gasteiger charge is 2.09. The van der Waals surface area contributed by atoms with Gasteiger partial charge < -0.3 is 0 Å². The topological polar surface area (TPSA) is 43.1 Å². The van der Waals surface area contributed by atoms with Crippen molar-refractivity contribution < 1.29 is 0 Å². The van der Waals surface area contributed by atoms with Crippen LogP contribution in [0, 0.1) is 6.92 Å². The number of aryl methyl sites for hydroxylation is 1. The lowest BCUT2D eigenvalue weighted by Gasteiger charge is -1.90. The average Bonchev–Trinajstić information content (AvgIpc) is 2.60. The molecule has 0 fully saturated rings. The van der Waals surface area contributed by atoms with Crippen molar-refractivity contribution in [2.75, 3.05) is 0 Å². The van der Waals surface area contributed by atoms with E-state index >= 15 is 0 Å². The molecule has 1 aliphatic heterocycles. The fourth-order valence-corrected chi connectivity index (χ4v) is 0.883. The summed E-state index contributed by atoms with van der Waals surface area (Å²) >= 11 is 0. The maximum absolute atomic E-state index is 3.98. The third-order valence-corrected chi connectivity index (χ3v) is 1.39. The molecule has 4 nitrogen and oxygen atoms in total. The monoisotopic (exact) mass is 152 g/mol.